The van der Waals surface area contributed by atoms with E-state index in [9.17, 15) is 4.39 Å². The Labute approximate surface area is 131 Å². The summed E-state index contributed by atoms with van der Waals surface area (Å²) in [6.07, 6.45) is 3.10. The number of imidazole rings is 1. The molecule has 0 aliphatic heterocycles. The van der Waals surface area contributed by atoms with Gasteiger partial charge in [0.15, 0.2) is 5.15 Å². The standard InChI is InChI=1S/C14H16BrClFN3/c1-2-3-4-13-19-12(14(16)20-13)8-18-11-6-5-9(17)7-10(11)15/h5-7,18H,2-4,8H2,1H3,(H,19,20). The molecule has 0 radical (unpaired) electrons. The molecule has 6 heteroatoms. The van der Waals surface area contributed by atoms with Gasteiger partial charge in [-0.2, -0.15) is 0 Å². The van der Waals surface area contributed by atoms with E-state index in [0.29, 0.717) is 16.2 Å². The van der Waals surface area contributed by atoms with Crippen LogP contribution in [-0.2, 0) is 13.0 Å². The summed E-state index contributed by atoms with van der Waals surface area (Å²) in [5.41, 5.74) is 1.65. The molecule has 1 aromatic heterocycles. The lowest BCUT2D eigenvalue weighted by atomic mass is 10.2. The topological polar surface area (TPSA) is 40.7 Å². The minimum atomic E-state index is -0.274. The molecule has 0 bridgehead atoms. The lowest BCUT2D eigenvalue weighted by Crippen LogP contribution is -2.01. The lowest BCUT2D eigenvalue weighted by molar-refractivity contribution is 0.627. The van der Waals surface area contributed by atoms with Crippen LogP contribution in [-0.4, -0.2) is 9.97 Å². The normalized spacial score (nSPS) is 10.8. The summed E-state index contributed by atoms with van der Waals surface area (Å²) < 4.78 is 13.7. The number of halogens is 3. The van der Waals surface area contributed by atoms with Gasteiger partial charge >= 0.3 is 0 Å². The van der Waals surface area contributed by atoms with Crippen LogP contribution in [0.2, 0.25) is 5.15 Å². The molecule has 3 nitrogen and oxygen atoms in total. The molecule has 0 aliphatic rings. The molecule has 0 amide bonds. The molecule has 0 spiro atoms. The molecule has 2 aromatic rings. The van der Waals surface area contributed by atoms with Crippen LogP contribution >= 0.6 is 27.5 Å². The Morgan fingerprint density at radius 2 is 2.25 bits per heavy atom. The molecule has 1 heterocycles. The summed E-state index contributed by atoms with van der Waals surface area (Å²) in [4.78, 5) is 7.52. The smallest absolute Gasteiger partial charge is 0.152 e. The first-order chi connectivity index (χ1) is 9.60. The number of hydrogen-bond acceptors (Lipinski definition) is 2. The molecule has 0 aliphatic carbocycles. The number of unbranched alkanes of at least 4 members (excludes halogenated alkanes) is 1. The maximum absolute atomic E-state index is 13.0. The molecule has 2 rings (SSSR count). The summed E-state index contributed by atoms with van der Waals surface area (Å²) in [7, 11) is 0. The van der Waals surface area contributed by atoms with Gasteiger partial charge in [0.05, 0.1) is 12.2 Å². The van der Waals surface area contributed by atoms with E-state index in [0.717, 1.165) is 36.5 Å². The zero-order valence-electron chi connectivity index (χ0n) is 11.1. The number of benzene rings is 1. The fourth-order valence-corrected chi connectivity index (χ4v) is 2.54. The third-order valence-electron chi connectivity index (χ3n) is 2.93. The predicted molar refractivity (Wildman–Crippen MR) is 83.6 cm³/mol. The molecule has 0 fully saturated rings. The number of hydrogen-bond donors (Lipinski definition) is 2. The Kier molecular flexibility index (Phi) is 5.43. The zero-order valence-corrected chi connectivity index (χ0v) is 13.5. The second kappa shape index (κ2) is 7.09. The second-order valence-corrected chi connectivity index (χ2v) is 5.75. The SMILES string of the molecule is CCCCc1nc(Cl)c(CNc2ccc(F)cc2Br)[nH]1. The van der Waals surface area contributed by atoms with Crippen LogP contribution in [0, 0.1) is 5.82 Å². The minimum absolute atomic E-state index is 0.274. The highest BCUT2D eigenvalue weighted by atomic mass is 79.9. The third kappa shape index (κ3) is 3.96. The molecular formula is C14H16BrClFN3. The van der Waals surface area contributed by atoms with E-state index in [1.54, 1.807) is 6.07 Å². The van der Waals surface area contributed by atoms with E-state index in [2.05, 4.69) is 38.1 Å². The summed E-state index contributed by atoms with van der Waals surface area (Å²) in [5.74, 6) is 0.635. The van der Waals surface area contributed by atoms with Gasteiger partial charge in [0.1, 0.15) is 11.6 Å². The predicted octanol–water partition coefficient (Wildman–Crippen LogP) is 4.92. The van der Waals surface area contributed by atoms with Crippen molar-refractivity contribution in [2.24, 2.45) is 0 Å². The molecule has 0 unspecified atom stereocenters. The first-order valence-corrected chi connectivity index (χ1v) is 7.69. The molecule has 108 valence electrons. The number of H-pyrrole nitrogens is 1. The van der Waals surface area contributed by atoms with E-state index in [1.165, 1.54) is 12.1 Å². The van der Waals surface area contributed by atoms with Gasteiger partial charge in [0, 0.05) is 16.6 Å². The highest BCUT2D eigenvalue weighted by Crippen LogP contribution is 2.24. The Morgan fingerprint density at radius 3 is 2.95 bits per heavy atom. The van der Waals surface area contributed by atoms with Crippen LogP contribution < -0.4 is 5.32 Å². The highest BCUT2D eigenvalue weighted by molar-refractivity contribution is 9.10. The Morgan fingerprint density at radius 1 is 1.45 bits per heavy atom. The molecular weight excluding hydrogens is 345 g/mol. The van der Waals surface area contributed by atoms with Crippen molar-refractivity contribution in [2.45, 2.75) is 32.7 Å². The van der Waals surface area contributed by atoms with Gasteiger partial charge in [-0.15, -0.1) is 0 Å². The van der Waals surface area contributed by atoms with Crippen LogP contribution in [0.1, 0.15) is 31.3 Å². The van der Waals surface area contributed by atoms with Crippen molar-refractivity contribution in [2.75, 3.05) is 5.32 Å². The first-order valence-electron chi connectivity index (χ1n) is 6.52. The number of anilines is 1. The van der Waals surface area contributed by atoms with Gasteiger partial charge in [-0.1, -0.05) is 24.9 Å². The number of rotatable bonds is 6. The van der Waals surface area contributed by atoms with Gasteiger partial charge in [-0.05, 0) is 40.5 Å². The first kappa shape index (κ1) is 15.3. The van der Waals surface area contributed by atoms with E-state index in [1.807, 2.05) is 0 Å². The van der Waals surface area contributed by atoms with Crippen molar-refractivity contribution in [1.82, 2.24) is 9.97 Å². The van der Waals surface area contributed by atoms with Gasteiger partial charge in [-0.3, -0.25) is 0 Å². The average molecular weight is 361 g/mol. The van der Waals surface area contributed by atoms with Gasteiger partial charge in [-0.25, -0.2) is 9.37 Å². The summed E-state index contributed by atoms with van der Waals surface area (Å²) in [5, 5.41) is 3.69. The van der Waals surface area contributed by atoms with E-state index in [4.69, 9.17) is 11.6 Å². The van der Waals surface area contributed by atoms with Gasteiger partial charge in [0.25, 0.3) is 0 Å². The van der Waals surface area contributed by atoms with Crippen molar-refractivity contribution < 1.29 is 4.39 Å². The number of aryl methyl sites for hydroxylation is 1. The van der Waals surface area contributed by atoms with Crippen molar-refractivity contribution >= 4 is 33.2 Å². The summed E-state index contributed by atoms with van der Waals surface area (Å²) in [6, 6.07) is 4.51. The highest BCUT2D eigenvalue weighted by Gasteiger charge is 2.08. The fourth-order valence-electron chi connectivity index (χ4n) is 1.84. The lowest BCUT2D eigenvalue weighted by Gasteiger charge is -2.07. The number of aromatic nitrogens is 2. The third-order valence-corrected chi connectivity index (χ3v) is 3.90. The van der Waals surface area contributed by atoms with Crippen molar-refractivity contribution in [1.29, 1.82) is 0 Å². The Hall–Kier alpha value is -1.07. The summed E-state index contributed by atoms with van der Waals surface area (Å²) in [6.45, 7) is 2.65. The average Bonchev–Trinajstić information content (AvgIpc) is 2.76. The van der Waals surface area contributed by atoms with E-state index in [-0.39, 0.29) is 5.82 Å². The molecule has 0 saturated carbocycles. The van der Waals surface area contributed by atoms with Crippen molar-refractivity contribution in [3.63, 3.8) is 0 Å². The maximum atomic E-state index is 13.0. The zero-order chi connectivity index (χ0) is 14.5. The van der Waals surface area contributed by atoms with Crippen LogP contribution in [0.15, 0.2) is 22.7 Å². The Bertz CT molecular complexity index is 586. The van der Waals surface area contributed by atoms with Gasteiger partial charge in [0.2, 0.25) is 0 Å². The van der Waals surface area contributed by atoms with Crippen LogP contribution in [0.3, 0.4) is 0 Å². The van der Waals surface area contributed by atoms with E-state index >= 15 is 0 Å². The van der Waals surface area contributed by atoms with Crippen LogP contribution in [0.25, 0.3) is 0 Å². The van der Waals surface area contributed by atoms with Gasteiger partial charge < -0.3 is 10.3 Å². The molecule has 2 N–H and O–H groups in total. The molecule has 1 aromatic carbocycles. The second-order valence-electron chi connectivity index (χ2n) is 4.53. The fraction of sp³-hybridized carbons (Fsp3) is 0.357. The summed E-state index contributed by atoms with van der Waals surface area (Å²) >= 11 is 9.42. The number of nitrogens with one attached hydrogen (secondary N) is 2. The van der Waals surface area contributed by atoms with Crippen molar-refractivity contribution in [3.8, 4) is 0 Å². The monoisotopic (exact) mass is 359 g/mol. The molecule has 0 atom stereocenters. The largest absolute Gasteiger partial charge is 0.378 e. The van der Waals surface area contributed by atoms with E-state index < -0.39 is 0 Å². The minimum Gasteiger partial charge on any atom is -0.378 e. The Balaban J connectivity index is 2.01. The van der Waals surface area contributed by atoms with Crippen LogP contribution in [0.5, 0.6) is 0 Å². The van der Waals surface area contributed by atoms with Crippen LogP contribution in [0.4, 0.5) is 10.1 Å². The number of nitrogens with zero attached hydrogens (tertiary/aromatic N) is 1. The molecule has 20 heavy (non-hydrogen) atoms. The quantitative estimate of drug-likeness (QED) is 0.767. The molecule has 0 saturated heterocycles. The number of aromatic amines is 1. The van der Waals surface area contributed by atoms with Crippen molar-refractivity contribution in [3.05, 3.63) is 45.2 Å². The maximum Gasteiger partial charge on any atom is 0.152 e.